The van der Waals surface area contributed by atoms with Crippen molar-refractivity contribution in [3.63, 3.8) is 0 Å². The lowest BCUT2D eigenvalue weighted by Gasteiger charge is -2.30. The molecule has 0 aliphatic carbocycles. The highest BCUT2D eigenvalue weighted by Crippen LogP contribution is 2.51. The molecule has 3 aromatic carbocycles. The van der Waals surface area contributed by atoms with Crippen molar-refractivity contribution in [1.82, 2.24) is 5.43 Å². The Kier molecular flexibility index (Phi) is 5.29. The van der Waals surface area contributed by atoms with Crippen molar-refractivity contribution in [2.45, 2.75) is 12.1 Å². The zero-order valence-electron chi connectivity index (χ0n) is 15.0. The molecule has 0 unspecified atom stereocenters. The zero-order valence-corrected chi connectivity index (χ0v) is 17.4. The number of hydrazone groups is 1. The molecule has 0 saturated heterocycles. The molecule has 140 valence electrons. The minimum atomic E-state index is -3.23. The summed E-state index contributed by atoms with van der Waals surface area (Å²) in [7, 11) is -3.23. The third kappa shape index (κ3) is 3.48. The predicted molar refractivity (Wildman–Crippen MR) is 117 cm³/mol. The summed E-state index contributed by atoms with van der Waals surface area (Å²) in [4.78, 5) is 12.8. The third-order valence-electron chi connectivity index (χ3n) is 4.89. The molecule has 0 spiro atoms. The number of halogens is 1. The largest absolute Gasteiger partial charge is 0.313 e. The average Bonchev–Trinajstić information content (AvgIpc) is 2.75. The predicted octanol–water partition coefficient (Wildman–Crippen LogP) is 4.06. The third-order valence-corrected chi connectivity index (χ3v) is 8.84. The highest BCUT2D eigenvalue weighted by Gasteiger charge is 2.43. The second kappa shape index (κ2) is 7.86. The Morgan fingerprint density at radius 3 is 1.93 bits per heavy atom. The second-order valence-electron chi connectivity index (χ2n) is 6.59. The molecule has 0 saturated carbocycles. The molecule has 3 aromatic rings. The molecule has 1 amide bonds. The van der Waals surface area contributed by atoms with Crippen molar-refractivity contribution in [1.29, 1.82) is 0 Å². The van der Waals surface area contributed by atoms with Crippen LogP contribution in [-0.4, -0.2) is 17.3 Å². The maximum Gasteiger partial charge on any atom is 0.251 e. The molecular weight excluding hydrogens is 435 g/mol. The second-order valence-corrected chi connectivity index (χ2v) is 10.5. The Morgan fingerprint density at radius 2 is 1.39 bits per heavy atom. The van der Waals surface area contributed by atoms with Gasteiger partial charge in [0.1, 0.15) is 5.66 Å². The summed E-state index contributed by atoms with van der Waals surface area (Å²) in [5, 5.41) is 5.60. The van der Waals surface area contributed by atoms with E-state index in [1.54, 1.807) is 0 Å². The van der Waals surface area contributed by atoms with E-state index in [4.69, 9.17) is 0 Å². The van der Waals surface area contributed by atoms with Crippen LogP contribution in [0.3, 0.4) is 0 Å². The van der Waals surface area contributed by atoms with Gasteiger partial charge in [-0.05, 0) is 17.7 Å². The van der Waals surface area contributed by atoms with Gasteiger partial charge in [0, 0.05) is 21.5 Å². The Hall–Kier alpha value is -2.49. The van der Waals surface area contributed by atoms with Crippen LogP contribution < -0.4 is 16.0 Å². The number of carbonyl (C=O) groups excluding carboxylic acids is 1. The van der Waals surface area contributed by atoms with E-state index in [0.717, 1.165) is 15.7 Å². The monoisotopic (exact) mass is 452 g/mol. The maximum absolute atomic E-state index is 14.5. The average molecular weight is 453 g/mol. The SMILES string of the molecule is O=C1NN=C(c2ccc(Br)cc2)C[C@H]1P(=O)(c1ccccc1)c1ccccc1. The van der Waals surface area contributed by atoms with E-state index < -0.39 is 12.8 Å². The highest BCUT2D eigenvalue weighted by atomic mass is 79.9. The van der Waals surface area contributed by atoms with Crippen molar-refractivity contribution in [2.75, 3.05) is 0 Å². The Bertz CT molecular complexity index is 1020. The minimum absolute atomic E-state index is 0.308. The Morgan fingerprint density at radius 1 is 0.857 bits per heavy atom. The Balaban J connectivity index is 1.80. The highest BCUT2D eigenvalue weighted by molar-refractivity contribution is 9.10. The van der Waals surface area contributed by atoms with E-state index in [-0.39, 0.29) is 5.91 Å². The molecular formula is C22H18BrN2O2P. The van der Waals surface area contributed by atoms with Crippen molar-refractivity contribution >= 4 is 45.3 Å². The standard InChI is InChI=1S/C22H18BrN2O2P/c23-17-13-11-16(12-14-17)20-15-21(22(26)25-24-20)28(27,18-7-3-1-4-8-18)19-9-5-2-6-10-19/h1-14,21H,15H2,(H,25,26)/t21-/m1/s1. The molecule has 0 bridgehead atoms. The summed E-state index contributed by atoms with van der Waals surface area (Å²) in [6.45, 7) is 0. The number of nitrogens with zero attached hydrogens (tertiary/aromatic N) is 1. The van der Waals surface area contributed by atoms with E-state index in [0.29, 0.717) is 17.0 Å². The lowest BCUT2D eigenvalue weighted by atomic mass is 10.0. The summed E-state index contributed by atoms with van der Waals surface area (Å²) in [6.07, 6.45) is 0.314. The van der Waals surface area contributed by atoms with Gasteiger partial charge in [0.05, 0.1) is 5.71 Å². The molecule has 1 aliphatic rings. The fraction of sp³-hybridized carbons (Fsp3) is 0.0909. The molecule has 0 radical (unpaired) electrons. The van der Waals surface area contributed by atoms with E-state index >= 15 is 0 Å². The Labute approximate surface area is 172 Å². The molecule has 1 aliphatic heterocycles. The first-order chi connectivity index (χ1) is 13.6. The van der Waals surface area contributed by atoms with Gasteiger partial charge in [0.25, 0.3) is 5.91 Å². The molecule has 4 rings (SSSR count). The van der Waals surface area contributed by atoms with Gasteiger partial charge in [-0.15, -0.1) is 0 Å². The van der Waals surface area contributed by atoms with Crippen LogP contribution in [0.5, 0.6) is 0 Å². The minimum Gasteiger partial charge on any atom is -0.313 e. The van der Waals surface area contributed by atoms with Gasteiger partial charge >= 0.3 is 0 Å². The van der Waals surface area contributed by atoms with Gasteiger partial charge in [0.2, 0.25) is 0 Å². The molecule has 0 fully saturated rings. The van der Waals surface area contributed by atoms with Gasteiger partial charge in [0.15, 0.2) is 7.14 Å². The van der Waals surface area contributed by atoms with Crippen LogP contribution in [0.15, 0.2) is 94.5 Å². The molecule has 1 N–H and O–H groups in total. The van der Waals surface area contributed by atoms with Crippen LogP contribution in [0.2, 0.25) is 0 Å². The molecule has 1 heterocycles. The van der Waals surface area contributed by atoms with Crippen LogP contribution in [0.4, 0.5) is 0 Å². The smallest absolute Gasteiger partial charge is 0.251 e. The number of hydrogen-bond donors (Lipinski definition) is 1. The van der Waals surface area contributed by atoms with Crippen LogP contribution in [0.25, 0.3) is 0 Å². The summed E-state index contributed by atoms with van der Waals surface area (Å²) >= 11 is 3.43. The van der Waals surface area contributed by atoms with Crippen molar-refractivity contribution in [2.24, 2.45) is 5.10 Å². The molecule has 0 aromatic heterocycles. The molecule has 28 heavy (non-hydrogen) atoms. The first kappa shape index (κ1) is 18.9. The van der Waals surface area contributed by atoms with Crippen LogP contribution in [-0.2, 0) is 9.36 Å². The van der Waals surface area contributed by atoms with Crippen LogP contribution in [0, 0.1) is 0 Å². The number of nitrogens with one attached hydrogen (secondary N) is 1. The van der Waals surface area contributed by atoms with Crippen molar-refractivity contribution < 1.29 is 9.36 Å². The summed E-state index contributed by atoms with van der Waals surface area (Å²) in [6, 6.07) is 26.3. The van der Waals surface area contributed by atoms with E-state index in [2.05, 4.69) is 26.5 Å². The number of carbonyl (C=O) groups is 1. The van der Waals surface area contributed by atoms with Gasteiger partial charge in [-0.25, -0.2) is 5.43 Å². The van der Waals surface area contributed by atoms with Crippen LogP contribution >= 0.6 is 23.1 Å². The number of benzene rings is 3. The van der Waals surface area contributed by atoms with E-state index in [9.17, 15) is 9.36 Å². The maximum atomic E-state index is 14.5. The lowest BCUT2D eigenvalue weighted by Crippen LogP contribution is -2.42. The normalized spacial score (nSPS) is 17.0. The first-order valence-corrected chi connectivity index (χ1v) is 11.5. The summed E-state index contributed by atoms with van der Waals surface area (Å²) in [5.41, 5.74) is 3.52. The fourth-order valence-corrected chi connectivity index (χ4v) is 6.78. The van der Waals surface area contributed by atoms with Gasteiger partial charge < -0.3 is 4.57 Å². The number of rotatable bonds is 4. The number of hydrogen-bond acceptors (Lipinski definition) is 3. The van der Waals surface area contributed by atoms with Crippen LogP contribution in [0.1, 0.15) is 12.0 Å². The first-order valence-electron chi connectivity index (χ1n) is 8.92. The molecule has 4 nitrogen and oxygen atoms in total. The number of amides is 1. The van der Waals surface area contributed by atoms with Gasteiger partial charge in [-0.1, -0.05) is 88.7 Å². The fourth-order valence-electron chi connectivity index (χ4n) is 3.44. The zero-order chi connectivity index (χ0) is 19.6. The van der Waals surface area contributed by atoms with Crippen molar-refractivity contribution in [3.05, 3.63) is 95.0 Å². The topological polar surface area (TPSA) is 58.5 Å². The van der Waals surface area contributed by atoms with E-state index in [1.165, 1.54) is 0 Å². The van der Waals surface area contributed by atoms with Crippen molar-refractivity contribution in [3.8, 4) is 0 Å². The molecule has 6 heteroatoms. The van der Waals surface area contributed by atoms with Gasteiger partial charge in [-0.2, -0.15) is 5.10 Å². The van der Waals surface area contributed by atoms with E-state index in [1.807, 2.05) is 84.9 Å². The van der Waals surface area contributed by atoms with Gasteiger partial charge in [-0.3, -0.25) is 4.79 Å². The molecule has 1 atom stereocenters. The lowest BCUT2D eigenvalue weighted by molar-refractivity contribution is -0.120. The quantitative estimate of drug-likeness (QED) is 0.606. The summed E-state index contributed by atoms with van der Waals surface area (Å²) in [5.74, 6) is -0.308. The summed E-state index contributed by atoms with van der Waals surface area (Å²) < 4.78 is 15.5.